The molecule has 2 aliphatic rings. The van der Waals surface area contributed by atoms with Gasteiger partial charge in [-0.05, 0) is 18.9 Å². The molecule has 2 atom stereocenters. The van der Waals surface area contributed by atoms with Crippen LogP contribution in [-0.4, -0.2) is 33.7 Å². The van der Waals surface area contributed by atoms with Gasteiger partial charge in [-0.15, -0.1) is 5.10 Å². The number of benzene rings is 1. The molecule has 1 aromatic heterocycles. The molecule has 2 N–H and O–H groups in total. The first-order valence-electron chi connectivity index (χ1n) is 8.08. The highest BCUT2D eigenvalue weighted by molar-refractivity contribution is 6.43. The second-order valence-corrected chi connectivity index (χ2v) is 7.09. The number of hydrogen-bond acceptors (Lipinski definition) is 4. The van der Waals surface area contributed by atoms with E-state index in [-0.39, 0.29) is 18.1 Å². The molecule has 7 nitrogen and oxygen atoms in total. The first-order chi connectivity index (χ1) is 12.0. The summed E-state index contributed by atoms with van der Waals surface area (Å²) in [6, 6.07) is 3.10. The number of carbonyl (C=O) groups is 1. The standard InChI is InChI=1S/C16H17Cl2N5O2/c1-23-13-5-2-8(6-11(13)21-22-23)19-16(24)20-12-7-25-15-9(12)3-4-10(17)14(15)18/h3-4,8,12H,2,5-7H2,1H3,(H2,19,20,24). The zero-order valence-electron chi connectivity index (χ0n) is 13.6. The van der Waals surface area contributed by atoms with Crippen LogP contribution in [0.1, 0.15) is 29.4 Å². The van der Waals surface area contributed by atoms with E-state index in [1.807, 2.05) is 13.1 Å². The molecule has 2 aromatic rings. The number of nitrogens with zero attached hydrogens (tertiary/aromatic N) is 3. The van der Waals surface area contributed by atoms with Crippen molar-refractivity contribution in [1.82, 2.24) is 25.6 Å². The normalized spacial score (nSPS) is 21.2. The van der Waals surface area contributed by atoms with Gasteiger partial charge >= 0.3 is 6.03 Å². The van der Waals surface area contributed by atoms with Crippen molar-refractivity contribution in [2.24, 2.45) is 7.05 Å². The first-order valence-corrected chi connectivity index (χ1v) is 8.83. The van der Waals surface area contributed by atoms with Crippen LogP contribution in [0.25, 0.3) is 0 Å². The minimum Gasteiger partial charge on any atom is -0.489 e. The van der Waals surface area contributed by atoms with E-state index in [9.17, 15) is 4.79 Å². The van der Waals surface area contributed by atoms with Gasteiger partial charge in [0.05, 0.1) is 22.5 Å². The van der Waals surface area contributed by atoms with E-state index in [4.69, 9.17) is 27.9 Å². The number of fused-ring (bicyclic) bond motifs is 2. The molecule has 0 fully saturated rings. The van der Waals surface area contributed by atoms with Gasteiger partial charge in [0.15, 0.2) is 0 Å². The molecular formula is C16H17Cl2N5O2. The number of aryl methyl sites for hydroxylation is 1. The van der Waals surface area contributed by atoms with Gasteiger partial charge in [0.2, 0.25) is 0 Å². The van der Waals surface area contributed by atoms with Crippen molar-refractivity contribution in [3.8, 4) is 5.75 Å². The molecule has 25 heavy (non-hydrogen) atoms. The Morgan fingerprint density at radius 1 is 1.36 bits per heavy atom. The number of rotatable bonds is 2. The lowest BCUT2D eigenvalue weighted by Crippen LogP contribution is -2.46. The third-order valence-corrected chi connectivity index (χ3v) is 5.47. The van der Waals surface area contributed by atoms with Crippen molar-refractivity contribution in [3.05, 3.63) is 39.1 Å². The zero-order valence-corrected chi connectivity index (χ0v) is 15.1. The maximum absolute atomic E-state index is 12.4. The summed E-state index contributed by atoms with van der Waals surface area (Å²) < 4.78 is 7.38. The number of nitrogens with one attached hydrogen (secondary N) is 2. The summed E-state index contributed by atoms with van der Waals surface area (Å²) in [4.78, 5) is 12.4. The van der Waals surface area contributed by atoms with Crippen molar-refractivity contribution in [3.63, 3.8) is 0 Å². The highest BCUT2D eigenvalue weighted by atomic mass is 35.5. The van der Waals surface area contributed by atoms with Crippen LogP contribution in [0.2, 0.25) is 10.0 Å². The van der Waals surface area contributed by atoms with Crippen LogP contribution >= 0.6 is 23.2 Å². The number of carbonyl (C=O) groups excluding carboxylic acids is 1. The van der Waals surface area contributed by atoms with E-state index >= 15 is 0 Å². The lowest BCUT2D eigenvalue weighted by Gasteiger charge is -2.23. The molecule has 0 bridgehead atoms. The van der Waals surface area contributed by atoms with Gasteiger partial charge in [0.1, 0.15) is 17.4 Å². The summed E-state index contributed by atoms with van der Waals surface area (Å²) in [5.74, 6) is 0.543. The van der Waals surface area contributed by atoms with E-state index < -0.39 is 0 Å². The highest BCUT2D eigenvalue weighted by Crippen LogP contribution is 2.42. The van der Waals surface area contributed by atoms with Crippen LogP contribution in [0, 0.1) is 0 Å². The van der Waals surface area contributed by atoms with E-state index in [0.717, 1.165) is 29.8 Å². The van der Waals surface area contributed by atoms with Crippen LogP contribution in [0.15, 0.2) is 12.1 Å². The summed E-state index contributed by atoms with van der Waals surface area (Å²) in [6.07, 6.45) is 2.41. The number of amides is 2. The quantitative estimate of drug-likeness (QED) is 0.836. The minimum atomic E-state index is -0.250. The van der Waals surface area contributed by atoms with Crippen molar-refractivity contribution in [1.29, 1.82) is 0 Å². The van der Waals surface area contributed by atoms with Crippen LogP contribution in [0.4, 0.5) is 4.79 Å². The molecule has 0 saturated carbocycles. The van der Waals surface area contributed by atoms with E-state index in [2.05, 4.69) is 20.9 Å². The van der Waals surface area contributed by atoms with Crippen LogP contribution < -0.4 is 15.4 Å². The second kappa shape index (κ2) is 6.38. The highest BCUT2D eigenvalue weighted by Gasteiger charge is 2.30. The summed E-state index contributed by atoms with van der Waals surface area (Å²) in [5, 5.41) is 15.0. The monoisotopic (exact) mass is 381 g/mol. The van der Waals surface area contributed by atoms with Crippen molar-refractivity contribution < 1.29 is 9.53 Å². The predicted molar refractivity (Wildman–Crippen MR) is 93.2 cm³/mol. The van der Waals surface area contributed by atoms with Gasteiger partial charge in [0.25, 0.3) is 0 Å². The number of hydrogen-bond donors (Lipinski definition) is 2. The Kier molecular flexibility index (Phi) is 4.21. The van der Waals surface area contributed by atoms with Crippen molar-refractivity contribution in [2.45, 2.75) is 31.3 Å². The molecule has 1 aromatic carbocycles. The topological polar surface area (TPSA) is 81.1 Å². The number of urea groups is 1. The number of aromatic nitrogens is 3. The largest absolute Gasteiger partial charge is 0.489 e. The smallest absolute Gasteiger partial charge is 0.315 e. The van der Waals surface area contributed by atoms with Gasteiger partial charge in [0, 0.05) is 25.1 Å². The lowest BCUT2D eigenvalue weighted by atomic mass is 9.96. The van der Waals surface area contributed by atoms with Gasteiger partial charge in [-0.3, -0.25) is 4.68 Å². The zero-order chi connectivity index (χ0) is 17.6. The lowest BCUT2D eigenvalue weighted by molar-refractivity contribution is 0.227. The predicted octanol–water partition coefficient (Wildman–Crippen LogP) is 2.41. The number of halogens is 2. The average Bonchev–Trinajstić information content (AvgIpc) is 3.15. The summed E-state index contributed by atoms with van der Waals surface area (Å²) in [7, 11) is 1.89. The molecule has 2 unspecified atom stereocenters. The van der Waals surface area contributed by atoms with E-state index in [1.165, 1.54) is 0 Å². The molecule has 0 saturated heterocycles. The average molecular weight is 382 g/mol. The fourth-order valence-electron chi connectivity index (χ4n) is 3.38. The third-order valence-electron chi connectivity index (χ3n) is 4.68. The molecule has 2 heterocycles. The summed E-state index contributed by atoms with van der Waals surface area (Å²) >= 11 is 12.1. The molecule has 132 valence electrons. The SMILES string of the molecule is Cn1nnc2c1CCC(NC(=O)NC1COc3c1ccc(Cl)c3Cl)C2. The molecule has 9 heteroatoms. The number of ether oxygens (including phenoxy) is 1. The Morgan fingerprint density at radius 3 is 3.04 bits per heavy atom. The van der Waals surface area contributed by atoms with Gasteiger partial charge < -0.3 is 15.4 Å². The van der Waals surface area contributed by atoms with Crippen molar-refractivity contribution >= 4 is 29.2 Å². The Bertz CT molecular complexity index is 838. The molecule has 1 aliphatic heterocycles. The fraction of sp³-hybridized carbons (Fsp3) is 0.438. The maximum Gasteiger partial charge on any atom is 0.315 e. The van der Waals surface area contributed by atoms with Gasteiger partial charge in [-0.1, -0.05) is 34.5 Å². The molecule has 0 radical (unpaired) electrons. The van der Waals surface area contributed by atoms with Crippen LogP contribution in [0.5, 0.6) is 5.75 Å². The molecular weight excluding hydrogens is 365 g/mol. The van der Waals surface area contributed by atoms with Crippen molar-refractivity contribution in [2.75, 3.05) is 6.61 Å². The Morgan fingerprint density at radius 2 is 2.20 bits per heavy atom. The minimum absolute atomic E-state index is 0.0415. The molecule has 4 rings (SSSR count). The van der Waals surface area contributed by atoms with Gasteiger partial charge in [-0.25, -0.2) is 4.79 Å². The molecule has 2 amide bonds. The molecule has 1 aliphatic carbocycles. The third kappa shape index (κ3) is 3.02. The Balaban J connectivity index is 1.39. The Labute approximate surface area is 154 Å². The van der Waals surface area contributed by atoms with Crippen LogP contribution in [-0.2, 0) is 19.9 Å². The molecule has 0 spiro atoms. The summed E-state index contributed by atoms with van der Waals surface area (Å²) in [6.45, 7) is 0.335. The van der Waals surface area contributed by atoms with Crippen LogP contribution in [0.3, 0.4) is 0 Å². The fourth-order valence-corrected chi connectivity index (χ4v) is 3.76. The Hall–Kier alpha value is -1.99. The van der Waals surface area contributed by atoms with Gasteiger partial charge in [-0.2, -0.15) is 0 Å². The van der Waals surface area contributed by atoms with E-state index in [1.54, 1.807) is 10.7 Å². The summed E-state index contributed by atoms with van der Waals surface area (Å²) in [5.41, 5.74) is 2.93. The maximum atomic E-state index is 12.4. The first kappa shape index (κ1) is 16.5. The second-order valence-electron chi connectivity index (χ2n) is 6.31. The van der Waals surface area contributed by atoms with E-state index in [0.29, 0.717) is 28.8 Å².